The number of rotatable bonds is 4. The van der Waals surface area contributed by atoms with Crippen molar-refractivity contribution in [1.82, 2.24) is 19.4 Å². The predicted molar refractivity (Wildman–Crippen MR) is 82.1 cm³/mol. The van der Waals surface area contributed by atoms with Crippen LogP contribution in [0.1, 0.15) is 37.9 Å². The van der Waals surface area contributed by atoms with E-state index >= 15 is 0 Å². The number of amides is 1. The van der Waals surface area contributed by atoms with Crippen molar-refractivity contribution < 1.29 is 18.0 Å². The summed E-state index contributed by atoms with van der Waals surface area (Å²) in [5.74, 6) is 0.495. The average Bonchev–Trinajstić information content (AvgIpc) is 3.18. The van der Waals surface area contributed by atoms with Crippen LogP contribution in [0.3, 0.4) is 0 Å². The fourth-order valence-electron chi connectivity index (χ4n) is 3.62. The van der Waals surface area contributed by atoms with Crippen LogP contribution >= 0.6 is 0 Å². The number of aromatic nitrogens is 2. The molecule has 0 radical (unpaired) electrons. The molecule has 8 heteroatoms. The lowest BCUT2D eigenvalue weighted by atomic mass is 10.0. The van der Waals surface area contributed by atoms with E-state index in [4.69, 9.17) is 0 Å². The van der Waals surface area contributed by atoms with Gasteiger partial charge in [0.1, 0.15) is 12.4 Å². The van der Waals surface area contributed by atoms with Gasteiger partial charge < -0.3 is 9.47 Å². The number of hydrogen-bond acceptors (Lipinski definition) is 3. The lowest BCUT2D eigenvalue weighted by molar-refractivity contribution is -0.142. The number of carbonyl (C=O) groups is 1. The molecule has 134 valence electrons. The average molecular weight is 344 g/mol. The molecule has 0 saturated carbocycles. The highest BCUT2D eigenvalue weighted by Crippen LogP contribution is 2.24. The fraction of sp³-hybridized carbons (Fsp3) is 0.750. The summed E-state index contributed by atoms with van der Waals surface area (Å²) in [6.45, 7) is 1.56. The Labute approximate surface area is 139 Å². The number of nitrogens with zero attached hydrogens (tertiary/aromatic N) is 4. The van der Waals surface area contributed by atoms with Crippen molar-refractivity contribution in [2.24, 2.45) is 0 Å². The van der Waals surface area contributed by atoms with Crippen molar-refractivity contribution in [3.63, 3.8) is 0 Å². The summed E-state index contributed by atoms with van der Waals surface area (Å²) in [6, 6.07) is -0.229. The topological polar surface area (TPSA) is 41.4 Å². The minimum absolute atomic E-state index is 0.126. The SMILES string of the molecule is O=C([C@H]1CCCCN1Cc1nccn1CC(F)(F)F)N1CCCC1. The highest BCUT2D eigenvalue weighted by atomic mass is 19.4. The van der Waals surface area contributed by atoms with Crippen LogP contribution in [0.2, 0.25) is 0 Å². The van der Waals surface area contributed by atoms with Gasteiger partial charge in [-0.05, 0) is 32.2 Å². The van der Waals surface area contributed by atoms with Gasteiger partial charge in [0.15, 0.2) is 0 Å². The normalized spacial score (nSPS) is 23.0. The molecule has 0 spiro atoms. The summed E-state index contributed by atoms with van der Waals surface area (Å²) < 4.78 is 39.1. The molecular weight excluding hydrogens is 321 g/mol. The van der Waals surface area contributed by atoms with E-state index in [2.05, 4.69) is 4.98 Å². The van der Waals surface area contributed by atoms with Crippen LogP contribution in [0.4, 0.5) is 13.2 Å². The van der Waals surface area contributed by atoms with Gasteiger partial charge >= 0.3 is 6.18 Å². The second-order valence-electron chi connectivity index (χ2n) is 6.60. The van der Waals surface area contributed by atoms with E-state index < -0.39 is 12.7 Å². The third-order valence-electron chi connectivity index (χ3n) is 4.81. The molecule has 1 amide bonds. The van der Waals surface area contributed by atoms with E-state index in [1.807, 2.05) is 9.80 Å². The molecule has 1 aromatic rings. The number of halogens is 3. The fourth-order valence-corrected chi connectivity index (χ4v) is 3.62. The minimum Gasteiger partial charge on any atom is -0.341 e. The van der Waals surface area contributed by atoms with Gasteiger partial charge in [0.25, 0.3) is 0 Å². The molecule has 1 aromatic heterocycles. The molecule has 0 unspecified atom stereocenters. The van der Waals surface area contributed by atoms with Crippen molar-refractivity contribution in [3.05, 3.63) is 18.2 Å². The summed E-state index contributed by atoms with van der Waals surface area (Å²) >= 11 is 0. The van der Waals surface area contributed by atoms with Gasteiger partial charge in [-0.15, -0.1) is 0 Å². The summed E-state index contributed by atoms with van der Waals surface area (Å²) in [4.78, 5) is 20.7. The number of alkyl halides is 3. The Morgan fingerprint density at radius 2 is 1.88 bits per heavy atom. The molecule has 3 rings (SSSR count). The first-order chi connectivity index (χ1) is 11.4. The molecule has 0 bridgehead atoms. The minimum atomic E-state index is -4.28. The first kappa shape index (κ1) is 17.3. The molecule has 2 saturated heterocycles. The molecule has 1 atom stereocenters. The van der Waals surface area contributed by atoms with Crippen molar-refractivity contribution >= 4 is 5.91 Å². The summed E-state index contributed by atoms with van der Waals surface area (Å²) in [5.41, 5.74) is 0. The Kier molecular flexibility index (Phi) is 5.12. The Morgan fingerprint density at radius 3 is 2.58 bits per heavy atom. The second-order valence-corrected chi connectivity index (χ2v) is 6.60. The lowest BCUT2D eigenvalue weighted by Gasteiger charge is -2.36. The van der Waals surface area contributed by atoms with Gasteiger partial charge in [-0.25, -0.2) is 4.98 Å². The maximum absolute atomic E-state index is 12.7. The third-order valence-corrected chi connectivity index (χ3v) is 4.81. The summed E-state index contributed by atoms with van der Waals surface area (Å²) in [5, 5.41) is 0. The molecule has 0 aromatic carbocycles. The summed E-state index contributed by atoms with van der Waals surface area (Å²) in [7, 11) is 0. The van der Waals surface area contributed by atoms with Gasteiger partial charge in [0.2, 0.25) is 5.91 Å². The van der Waals surface area contributed by atoms with Crippen LogP contribution in [-0.2, 0) is 17.9 Å². The molecule has 2 fully saturated rings. The quantitative estimate of drug-likeness (QED) is 0.842. The Morgan fingerprint density at radius 1 is 1.17 bits per heavy atom. The zero-order chi connectivity index (χ0) is 17.2. The zero-order valence-corrected chi connectivity index (χ0v) is 13.6. The number of carbonyl (C=O) groups excluding carboxylic acids is 1. The first-order valence-corrected chi connectivity index (χ1v) is 8.53. The van der Waals surface area contributed by atoms with Gasteiger partial charge in [-0.1, -0.05) is 6.42 Å². The molecule has 3 heterocycles. The summed E-state index contributed by atoms with van der Waals surface area (Å²) in [6.07, 6.45) is 3.26. The van der Waals surface area contributed by atoms with Crippen molar-refractivity contribution in [2.45, 2.75) is 57.4 Å². The van der Waals surface area contributed by atoms with Crippen molar-refractivity contribution in [2.75, 3.05) is 19.6 Å². The van der Waals surface area contributed by atoms with Crippen LogP contribution in [0, 0.1) is 0 Å². The standard InChI is InChI=1S/C16H23F3N4O/c17-16(18,19)12-23-10-6-20-14(23)11-22-9-2-1-5-13(22)15(24)21-7-3-4-8-21/h6,10,13H,1-5,7-9,11-12H2/t13-/m1/s1. The Hall–Kier alpha value is -1.57. The molecule has 5 nitrogen and oxygen atoms in total. The first-order valence-electron chi connectivity index (χ1n) is 8.53. The number of piperidine rings is 1. The molecule has 0 aliphatic carbocycles. The van der Waals surface area contributed by atoms with Crippen LogP contribution < -0.4 is 0 Å². The Bertz CT molecular complexity index is 566. The molecule has 2 aliphatic rings. The van der Waals surface area contributed by atoms with E-state index in [9.17, 15) is 18.0 Å². The number of likely N-dealkylation sites (tertiary alicyclic amines) is 2. The smallest absolute Gasteiger partial charge is 0.341 e. The largest absolute Gasteiger partial charge is 0.406 e. The van der Waals surface area contributed by atoms with Gasteiger partial charge in [0, 0.05) is 25.5 Å². The second kappa shape index (κ2) is 7.13. The van der Waals surface area contributed by atoms with Gasteiger partial charge in [0.05, 0.1) is 12.6 Å². The van der Waals surface area contributed by atoms with E-state index in [0.717, 1.165) is 56.3 Å². The van der Waals surface area contributed by atoms with Gasteiger partial charge in [-0.3, -0.25) is 9.69 Å². The van der Waals surface area contributed by atoms with Crippen LogP contribution in [0.25, 0.3) is 0 Å². The molecular formula is C16H23F3N4O. The van der Waals surface area contributed by atoms with Crippen molar-refractivity contribution in [3.8, 4) is 0 Å². The third kappa shape index (κ3) is 4.09. The maximum Gasteiger partial charge on any atom is 0.406 e. The molecule has 2 aliphatic heterocycles. The predicted octanol–water partition coefficient (Wildman–Crippen LogP) is 2.42. The van der Waals surface area contributed by atoms with E-state index in [1.165, 1.54) is 12.4 Å². The molecule has 24 heavy (non-hydrogen) atoms. The van der Waals surface area contributed by atoms with Crippen LogP contribution in [0.5, 0.6) is 0 Å². The van der Waals surface area contributed by atoms with Crippen LogP contribution in [0.15, 0.2) is 12.4 Å². The van der Waals surface area contributed by atoms with Crippen LogP contribution in [-0.4, -0.2) is 57.1 Å². The lowest BCUT2D eigenvalue weighted by Crippen LogP contribution is -2.50. The highest BCUT2D eigenvalue weighted by molar-refractivity contribution is 5.82. The molecule has 0 N–H and O–H groups in total. The zero-order valence-electron chi connectivity index (χ0n) is 13.6. The van der Waals surface area contributed by atoms with Crippen molar-refractivity contribution in [1.29, 1.82) is 0 Å². The highest BCUT2D eigenvalue weighted by Gasteiger charge is 2.34. The maximum atomic E-state index is 12.7. The monoisotopic (exact) mass is 344 g/mol. The number of imidazole rings is 1. The number of hydrogen-bond donors (Lipinski definition) is 0. The Balaban J connectivity index is 1.70. The van der Waals surface area contributed by atoms with E-state index in [1.54, 1.807) is 0 Å². The van der Waals surface area contributed by atoms with E-state index in [0.29, 0.717) is 5.82 Å². The van der Waals surface area contributed by atoms with Gasteiger partial charge in [-0.2, -0.15) is 13.2 Å². The van der Waals surface area contributed by atoms with E-state index in [-0.39, 0.29) is 18.5 Å².